The number of anilines is 2. The molecule has 5 heterocycles. The predicted octanol–water partition coefficient (Wildman–Crippen LogP) is 36.1. The average molecular weight is 1850 g/mol. The summed E-state index contributed by atoms with van der Waals surface area (Å²) in [6.45, 7) is 12.8. The molecular formula is C124H160N14. The molecule has 4 aromatic carbocycles. The van der Waals surface area contributed by atoms with Crippen LogP contribution in [0.25, 0.3) is 90.9 Å². The number of nitrogens with one attached hydrogen (secondary N) is 2. The number of H-pyrrole nitrogens is 2. The first kappa shape index (κ1) is 110. The van der Waals surface area contributed by atoms with Crippen LogP contribution in [0, 0.1) is 90.6 Å². The number of allylic oxidation sites excluding steroid dienone is 8. The van der Waals surface area contributed by atoms with E-state index in [2.05, 4.69) is 120 Å². The van der Waals surface area contributed by atoms with E-state index in [-0.39, 0.29) is 44.6 Å². The summed E-state index contributed by atoms with van der Waals surface area (Å²) in [7, 11) is 0. The van der Waals surface area contributed by atoms with Crippen molar-refractivity contribution in [1.29, 1.82) is 42.1 Å². The highest BCUT2D eigenvalue weighted by Gasteiger charge is 2.26. The number of benzene rings is 4. The maximum absolute atomic E-state index is 10.8. The Hall–Kier alpha value is -12.0. The second-order valence-electron chi connectivity index (χ2n) is 38.7. The van der Waals surface area contributed by atoms with E-state index in [1.807, 2.05) is 133 Å². The van der Waals surface area contributed by atoms with Crippen LogP contribution >= 0.6 is 0 Å². The van der Waals surface area contributed by atoms with Crippen molar-refractivity contribution < 1.29 is 0 Å². The molecule has 2 N–H and O–H groups in total. The predicted molar refractivity (Wildman–Crippen MR) is 581 cm³/mol. The summed E-state index contributed by atoms with van der Waals surface area (Å²) in [5.41, 5.74) is 13.1. The monoisotopic (exact) mass is 1850 g/mol. The second-order valence-corrected chi connectivity index (χ2v) is 38.7. The summed E-state index contributed by atoms with van der Waals surface area (Å²) in [6.07, 6.45) is 80.9. The molecule has 7 aromatic rings. The molecule has 14 heteroatoms. The Morgan fingerprint density at radius 1 is 0.232 bits per heavy atom. The third kappa shape index (κ3) is 37.4. The lowest BCUT2D eigenvalue weighted by molar-refractivity contribution is 0.529. The summed E-state index contributed by atoms with van der Waals surface area (Å²) < 4.78 is 0. The van der Waals surface area contributed by atoms with Crippen LogP contribution in [0.1, 0.15) is 432 Å². The number of unbranched alkanes of at least 4 members (excludes halogenated alkanes) is 52. The van der Waals surface area contributed by atoms with Crippen LogP contribution in [0.2, 0.25) is 0 Å². The van der Waals surface area contributed by atoms with Gasteiger partial charge in [-0.3, -0.25) is 0 Å². The number of nitriles is 8. The molecule has 3 aromatic heterocycles. The van der Waals surface area contributed by atoms with Gasteiger partial charge in [-0.2, -0.15) is 42.1 Å². The maximum Gasteiger partial charge on any atom is 0.138 e. The van der Waals surface area contributed by atoms with Gasteiger partial charge in [0.15, 0.2) is 0 Å². The summed E-state index contributed by atoms with van der Waals surface area (Å²) in [5, 5.41) is 86.4. The van der Waals surface area contributed by atoms with E-state index in [0.29, 0.717) is 45.0 Å². The molecule has 8 bridgehead atoms. The van der Waals surface area contributed by atoms with Crippen molar-refractivity contribution in [3.63, 3.8) is 0 Å². The maximum atomic E-state index is 10.8. The second kappa shape index (κ2) is 66.5. The third-order valence-electron chi connectivity index (χ3n) is 27.9. The fourth-order valence-corrected chi connectivity index (χ4v) is 19.9. The van der Waals surface area contributed by atoms with Crippen LogP contribution < -0.4 is 9.80 Å². The highest BCUT2D eigenvalue weighted by atomic mass is 15.1. The number of nitrogens with zero attached hydrogens (tertiary/aromatic N) is 12. The lowest BCUT2D eigenvalue weighted by Gasteiger charge is -2.26. The van der Waals surface area contributed by atoms with E-state index in [1.54, 1.807) is 0 Å². The average Bonchev–Trinajstić information content (AvgIpc) is 1.53. The summed E-state index contributed by atoms with van der Waals surface area (Å²) in [5.74, 6) is 0. The van der Waals surface area contributed by atoms with E-state index in [0.717, 1.165) is 108 Å². The van der Waals surface area contributed by atoms with Gasteiger partial charge >= 0.3 is 0 Å². The van der Waals surface area contributed by atoms with E-state index >= 15 is 0 Å². The van der Waals surface area contributed by atoms with Crippen molar-refractivity contribution in [2.24, 2.45) is 0 Å². The normalized spacial score (nSPS) is 11.2. The lowest BCUT2D eigenvalue weighted by Crippen LogP contribution is -2.25. The minimum absolute atomic E-state index is 0.198. The largest absolute Gasteiger partial charge is 0.372 e. The molecule has 14 nitrogen and oxygen atoms in total. The molecule has 0 aliphatic carbocycles. The zero-order chi connectivity index (χ0) is 97.5. The van der Waals surface area contributed by atoms with Gasteiger partial charge in [-0.1, -0.05) is 434 Å². The first-order chi connectivity index (χ1) is 68.1. The molecule has 2 aliphatic heterocycles. The van der Waals surface area contributed by atoms with Gasteiger partial charge in [-0.25, -0.2) is 9.97 Å². The quantitative estimate of drug-likeness (QED) is 0.0205. The molecule has 0 unspecified atom stereocenters. The van der Waals surface area contributed by atoms with Crippen LogP contribution in [-0.4, -0.2) is 46.1 Å². The number of fused-ring (bicyclic) bond motifs is 8. The first-order valence-corrected chi connectivity index (χ1v) is 54.3. The first-order valence-electron chi connectivity index (χ1n) is 54.3. The molecule has 726 valence electrons. The van der Waals surface area contributed by atoms with Crippen molar-refractivity contribution in [3.8, 4) is 70.8 Å². The Morgan fingerprint density at radius 2 is 0.428 bits per heavy atom. The van der Waals surface area contributed by atoms with Crippen molar-refractivity contribution >= 4 is 80.0 Å². The SMILES string of the molecule is CCCCCCCCCCCCCCCCN(CCCCCCCCCCCCCCCC)c1ccc(C(=C(C#N)C#N)C(=C(C#N)C#N)c2ccc(-c3c4nc(cc5ccc([nH]5)c(-c5ccc(C(=C(C#N)C#N)C(=C(C#N)C#N)c6ccc(N(CCCCCCCCCCCCCCCC)CCCCCCCCCCCCCCCC)cc6)cc5)c5nc(cc6ccc3[nH]6)C=C5)C=C4)cc2)cc1. The van der Waals surface area contributed by atoms with Gasteiger partial charge in [0.1, 0.15) is 70.8 Å². The molecule has 0 atom stereocenters. The van der Waals surface area contributed by atoms with Crippen LogP contribution in [-0.2, 0) is 0 Å². The molecule has 0 amide bonds. The van der Waals surface area contributed by atoms with Gasteiger partial charge < -0.3 is 19.8 Å². The van der Waals surface area contributed by atoms with Gasteiger partial charge in [0.2, 0.25) is 0 Å². The molecule has 138 heavy (non-hydrogen) atoms. The van der Waals surface area contributed by atoms with Crippen LogP contribution in [0.15, 0.2) is 156 Å². The minimum atomic E-state index is -0.224. The topological polar surface area (TPSA) is 254 Å². The fourth-order valence-electron chi connectivity index (χ4n) is 19.9. The zero-order valence-electron chi connectivity index (χ0n) is 84.8. The summed E-state index contributed by atoms with van der Waals surface area (Å²) in [6, 6.07) is 60.3. The molecule has 9 rings (SSSR count). The standard InChI is InChI=1S/C124H160N14/c1-5-9-13-17-21-25-29-33-37-41-45-49-53-57-85-137(86-58-54-50-46-42-38-34-30-26-22-18-14-10-6-2)113-77-69-101(70-78-113)121(107(95-129)96-130)119(105(91-125)92-126)99-61-65-103(66-62-99)123-115-81-73-109(133-115)89-111-75-83-117(135-111)124(118-84-76-112(136-118)90-110-74-82-116(123)134-110)104-67-63-100(64-68-104)120(106(93-127)94-128)122(108(97-131)98-132)102-71-79-114(80-72-102)138(87-59-55-51-47-43-39-35-31-27-23-19-15-11-7-3)88-60-56-52-48-44-40-36-32-28-24-20-16-12-8-4/h61-84,89-90,133,136H,5-60,85-88H2,1-4H3. The molecule has 0 radical (unpaired) electrons. The van der Waals surface area contributed by atoms with E-state index < -0.39 is 0 Å². The third-order valence-corrected chi connectivity index (χ3v) is 27.9. The Labute approximate surface area is 831 Å². The lowest BCUT2D eigenvalue weighted by atomic mass is 9.85. The van der Waals surface area contributed by atoms with Crippen LogP contribution in [0.5, 0.6) is 0 Å². The highest BCUT2D eigenvalue weighted by molar-refractivity contribution is 6.13. The fraction of sp³-hybridized carbons (Fsp3) is 0.516. The molecule has 0 spiro atoms. The van der Waals surface area contributed by atoms with Crippen molar-refractivity contribution in [2.75, 3.05) is 36.0 Å². The van der Waals surface area contributed by atoms with Gasteiger partial charge in [0.05, 0.1) is 22.8 Å². The molecule has 0 fully saturated rings. The smallest absolute Gasteiger partial charge is 0.138 e. The summed E-state index contributed by atoms with van der Waals surface area (Å²) >= 11 is 0. The van der Waals surface area contributed by atoms with E-state index in [4.69, 9.17) is 9.97 Å². The van der Waals surface area contributed by atoms with Gasteiger partial charge in [0, 0.05) is 93.0 Å². The number of aromatic nitrogens is 4. The van der Waals surface area contributed by atoms with Gasteiger partial charge in [0.25, 0.3) is 0 Å². The summed E-state index contributed by atoms with van der Waals surface area (Å²) in [4.78, 5) is 22.8. The zero-order valence-corrected chi connectivity index (χ0v) is 84.8. The molecule has 0 saturated carbocycles. The molecule has 0 saturated heterocycles. The number of aromatic amines is 2. The van der Waals surface area contributed by atoms with Crippen molar-refractivity contribution in [2.45, 2.75) is 387 Å². The van der Waals surface area contributed by atoms with E-state index in [1.165, 1.54) is 334 Å². The Balaban J connectivity index is 0.943. The number of hydrogen-bond donors (Lipinski definition) is 2. The van der Waals surface area contributed by atoms with Crippen molar-refractivity contribution in [3.05, 3.63) is 201 Å². The van der Waals surface area contributed by atoms with Crippen molar-refractivity contribution in [1.82, 2.24) is 19.9 Å². The van der Waals surface area contributed by atoms with Gasteiger partial charge in [-0.15, -0.1) is 0 Å². The molecular weight excluding hydrogens is 1690 g/mol. The Bertz CT molecular complexity index is 5070. The Morgan fingerprint density at radius 3 is 0.630 bits per heavy atom. The molecule has 2 aliphatic rings. The van der Waals surface area contributed by atoms with Crippen LogP contribution in [0.3, 0.4) is 0 Å². The Kier molecular flexibility index (Phi) is 52.8. The number of hydrogen-bond acceptors (Lipinski definition) is 12. The highest BCUT2D eigenvalue weighted by Crippen LogP contribution is 2.43. The number of rotatable bonds is 70. The van der Waals surface area contributed by atoms with Gasteiger partial charge in [-0.05, 0) is 144 Å². The minimum Gasteiger partial charge on any atom is -0.372 e. The van der Waals surface area contributed by atoms with Crippen LogP contribution in [0.4, 0.5) is 11.4 Å². The van der Waals surface area contributed by atoms with E-state index in [9.17, 15) is 42.1 Å².